The maximum Gasteiger partial charge on any atom is 0.300 e. The summed E-state index contributed by atoms with van der Waals surface area (Å²) in [7, 11) is 1.93. The fraction of sp³-hybridized carbons (Fsp3) is 0.143. The molecule has 5 rings (SSSR count). The Bertz CT molecular complexity index is 1400. The topological polar surface area (TPSA) is 62.5 Å². The van der Waals surface area contributed by atoms with Crippen molar-refractivity contribution in [1.82, 2.24) is 4.57 Å². The lowest BCUT2D eigenvalue weighted by molar-refractivity contribution is -0.132. The summed E-state index contributed by atoms with van der Waals surface area (Å²) in [5, 5.41) is 12.3. The lowest BCUT2D eigenvalue weighted by Crippen LogP contribution is -2.29. The summed E-state index contributed by atoms with van der Waals surface area (Å²) in [5.74, 6) is -1.49. The quantitative estimate of drug-likeness (QED) is 0.266. The van der Waals surface area contributed by atoms with Gasteiger partial charge in [0.15, 0.2) is 0 Å². The number of ketones is 1. The van der Waals surface area contributed by atoms with Crippen molar-refractivity contribution in [1.29, 1.82) is 0 Å². The molecule has 1 aliphatic heterocycles. The Morgan fingerprint density at radius 2 is 1.58 bits per heavy atom. The Morgan fingerprint density at radius 3 is 2.27 bits per heavy atom. The number of aryl methyl sites for hydroxylation is 2. The van der Waals surface area contributed by atoms with Crippen LogP contribution in [0.15, 0.2) is 90.6 Å². The van der Waals surface area contributed by atoms with E-state index >= 15 is 0 Å². The third kappa shape index (κ3) is 3.33. The van der Waals surface area contributed by atoms with Gasteiger partial charge in [0.1, 0.15) is 5.76 Å². The molecule has 0 saturated carbocycles. The number of hydrogen-bond donors (Lipinski definition) is 1. The number of aliphatic hydroxyl groups excluding tert-OH is 1. The molecule has 0 radical (unpaired) electrons. The Hall–Kier alpha value is -4.12. The minimum Gasteiger partial charge on any atom is -0.507 e. The number of nitrogens with zero attached hydrogens (tertiary/aromatic N) is 2. The fourth-order valence-electron chi connectivity index (χ4n) is 4.63. The molecule has 1 fully saturated rings. The van der Waals surface area contributed by atoms with Gasteiger partial charge in [-0.1, -0.05) is 67.6 Å². The number of Topliss-reactive ketones (excluding diaryl/α,β-unsaturated/α-hetero) is 1. The van der Waals surface area contributed by atoms with Gasteiger partial charge >= 0.3 is 0 Å². The van der Waals surface area contributed by atoms with E-state index in [1.807, 2.05) is 72.4 Å². The maximum absolute atomic E-state index is 13.3. The molecule has 1 unspecified atom stereocenters. The van der Waals surface area contributed by atoms with Crippen molar-refractivity contribution in [2.45, 2.75) is 19.4 Å². The monoisotopic (exact) mass is 436 g/mol. The lowest BCUT2D eigenvalue weighted by Gasteiger charge is -2.25. The van der Waals surface area contributed by atoms with Gasteiger partial charge in [0.2, 0.25) is 0 Å². The highest BCUT2D eigenvalue weighted by Crippen LogP contribution is 2.44. The van der Waals surface area contributed by atoms with Crippen LogP contribution in [0.3, 0.4) is 0 Å². The van der Waals surface area contributed by atoms with Gasteiger partial charge in [0.05, 0.1) is 11.6 Å². The standard InChI is InChI=1S/C28H24N2O3/c1-3-18-13-15-19(16-14-18)26(31)24-25(22-17-29(2)23-12-8-7-11-21(22)23)30(28(33)27(24)32)20-9-5-4-6-10-20/h4-17,25,31H,3H2,1-2H3/b26-24+. The number of aliphatic hydroxyl groups is 1. The van der Waals surface area contributed by atoms with Crippen LogP contribution in [0.2, 0.25) is 0 Å². The molecular formula is C28H24N2O3. The van der Waals surface area contributed by atoms with Gasteiger partial charge in [-0.15, -0.1) is 0 Å². The van der Waals surface area contributed by atoms with E-state index in [2.05, 4.69) is 6.92 Å². The second-order valence-corrected chi connectivity index (χ2v) is 8.27. The first kappa shape index (κ1) is 20.8. The predicted molar refractivity (Wildman–Crippen MR) is 130 cm³/mol. The smallest absolute Gasteiger partial charge is 0.300 e. The summed E-state index contributed by atoms with van der Waals surface area (Å²) in [6.45, 7) is 2.06. The van der Waals surface area contributed by atoms with E-state index in [0.29, 0.717) is 11.3 Å². The van der Waals surface area contributed by atoms with E-state index in [1.54, 1.807) is 24.3 Å². The highest BCUT2D eigenvalue weighted by atomic mass is 16.3. The van der Waals surface area contributed by atoms with E-state index in [1.165, 1.54) is 4.90 Å². The van der Waals surface area contributed by atoms with Crippen LogP contribution in [0.25, 0.3) is 16.7 Å². The zero-order valence-corrected chi connectivity index (χ0v) is 18.5. The number of hydrogen-bond acceptors (Lipinski definition) is 3. The zero-order valence-electron chi connectivity index (χ0n) is 18.5. The van der Waals surface area contributed by atoms with Gasteiger partial charge in [-0.3, -0.25) is 14.5 Å². The number of benzene rings is 3. The van der Waals surface area contributed by atoms with E-state index in [0.717, 1.165) is 28.5 Å². The number of anilines is 1. The van der Waals surface area contributed by atoms with Crippen molar-refractivity contribution in [2.75, 3.05) is 4.90 Å². The molecule has 1 saturated heterocycles. The Balaban J connectivity index is 1.78. The highest BCUT2D eigenvalue weighted by Gasteiger charge is 2.47. The minimum atomic E-state index is -0.746. The average Bonchev–Trinajstić information content (AvgIpc) is 3.32. The molecule has 0 spiro atoms. The van der Waals surface area contributed by atoms with Crippen LogP contribution in [-0.2, 0) is 23.1 Å². The van der Waals surface area contributed by atoms with Crippen LogP contribution in [-0.4, -0.2) is 21.4 Å². The van der Waals surface area contributed by atoms with Crippen molar-refractivity contribution < 1.29 is 14.7 Å². The summed E-state index contributed by atoms with van der Waals surface area (Å²) in [4.78, 5) is 28.1. The van der Waals surface area contributed by atoms with Gasteiger partial charge in [-0.05, 0) is 30.2 Å². The molecule has 4 aromatic rings. The number of fused-ring (bicyclic) bond motifs is 1. The number of rotatable bonds is 4. The molecule has 164 valence electrons. The molecule has 33 heavy (non-hydrogen) atoms. The summed E-state index contributed by atoms with van der Waals surface area (Å²) >= 11 is 0. The number of amides is 1. The molecule has 2 heterocycles. The van der Waals surface area contributed by atoms with Gasteiger partial charge < -0.3 is 9.67 Å². The maximum atomic E-state index is 13.3. The molecule has 5 nitrogen and oxygen atoms in total. The van der Waals surface area contributed by atoms with Gasteiger partial charge in [0, 0.05) is 41.0 Å². The molecule has 1 aromatic heterocycles. The number of carbonyl (C=O) groups excluding carboxylic acids is 2. The van der Waals surface area contributed by atoms with Crippen LogP contribution in [0, 0.1) is 0 Å². The van der Waals surface area contributed by atoms with Gasteiger partial charge in [0.25, 0.3) is 11.7 Å². The van der Waals surface area contributed by atoms with Gasteiger partial charge in [-0.25, -0.2) is 0 Å². The molecular weight excluding hydrogens is 412 g/mol. The first-order chi connectivity index (χ1) is 16.0. The minimum absolute atomic E-state index is 0.101. The average molecular weight is 437 g/mol. The van der Waals surface area contributed by atoms with Crippen molar-refractivity contribution in [3.63, 3.8) is 0 Å². The summed E-state index contributed by atoms with van der Waals surface area (Å²) in [6.07, 6.45) is 2.81. The van der Waals surface area contributed by atoms with E-state index < -0.39 is 17.7 Å². The second-order valence-electron chi connectivity index (χ2n) is 8.27. The fourth-order valence-corrected chi connectivity index (χ4v) is 4.63. The van der Waals surface area contributed by atoms with Gasteiger partial charge in [-0.2, -0.15) is 0 Å². The second kappa shape index (κ2) is 8.10. The zero-order chi connectivity index (χ0) is 23.1. The van der Waals surface area contributed by atoms with E-state index in [-0.39, 0.29) is 11.3 Å². The highest BCUT2D eigenvalue weighted by molar-refractivity contribution is 6.51. The predicted octanol–water partition coefficient (Wildman–Crippen LogP) is 5.37. The SMILES string of the molecule is CCc1ccc(/C(O)=C2\C(=O)C(=O)N(c3ccccc3)C2c2cn(C)c3ccccc23)cc1. The van der Waals surface area contributed by atoms with E-state index in [4.69, 9.17) is 0 Å². The third-order valence-corrected chi connectivity index (χ3v) is 6.34. The summed E-state index contributed by atoms with van der Waals surface area (Å²) in [5.41, 5.74) is 4.13. The summed E-state index contributed by atoms with van der Waals surface area (Å²) < 4.78 is 1.98. The van der Waals surface area contributed by atoms with Crippen LogP contribution in [0.5, 0.6) is 0 Å². The van der Waals surface area contributed by atoms with Crippen molar-refractivity contribution >= 4 is 34.0 Å². The molecule has 1 amide bonds. The molecule has 0 bridgehead atoms. The Morgan fingerprint density at radius 1 is 0.909 bits per heavy atom. The van der Waals surface area contributed by atoms with Crippen LogP contribution >= 0.6 is 0 Å². The lowest BCUT2D eigenvalue weighted by atomic mass is 9.94. The van der Waals surface area contributed by atoms with Crippen LogP contribution in [0.1, 0.15) is 29.7 Å². The molecule has 1 atom stereocenters. The molecule has 1 N–H and O–H groups in total. The Kier molecular flexibility index (Phi) is 5.09. The molecule has 5 heteroatoms. The van der Waals surface area contributed by atoms with Crippen molar-refractivity contribution in [3.8, 4) is 0 Å². The number of para-hydroxylation sites is 2. The van der Waals surface area contributed by atoms with Crippen molar-refractivity contribution in [3.05, 3.63) is 107 Å². The molecule has 3 aromatic carbocycles. The Labute approximate surface area is 192 Å². The van der Waals surface area contributed by atoms with Crippen LogP contribution in [0.4, 0.5) is 5.69 Å². The normalized spacial score (nSPS) is 17.8. The first-order valence-electron chi connectivity index (χ1n) is 11.0. The first-order valence-corrected chi connectivity index (χ1v) is 11.0. The van der Waals surface area contributed by atoms with Crippen molar-refractivity contribution in [2.24, 2.45) is 7.05 Å². The molecule has 1 aliphatic rings. The molecule has 0 aliphatic carbocycles. The number of carbonyl (C=O) groups is 2. The largest absolute Gasteiger partial charge is 0.507 e. The third-order valence-electron chi connectivity index (χ3n) is 6.34. The van der Waals surface area contributed by atoms with E-state index in [9.17, 15) is 14.7 Å². The summed E-state index contributed by atoms with van der Waals surface area (Å²) in [6, 6.07) is 23.7. The number of aromatic nitrogens is 1. The van der Waals surface area contributed by atoms with Crippen LogP contribution < -0.4 is 4.90 Å².